The second-order valence-electron chi connectivity index (χ2n) is 13.9. The van der Waals surface area contributed by atoms with Gasteiger partial charge in [-0.3, -0.25) is 4.79 Å². The third kappa shape index (κ3) is 21.9. The number of ketones is 1. The van der Waals surface area contributed by atoms with Gasteiger partial charge in [-0.15, -0.1) is 0 Å². The highest BCUT2D eigenvalue weighted by molar-refractivity contribution is 5.85. The van der Waals surface area contributed by atoms with Gasteiger partial charge in [0.05, 0.1) is 5.41 Å². The first-order valence-electron chi connectivity index (χ1n) is 16.9. The topological polar surface area (TPSA) is 17.1 Å². The van der Waals surface area contributed by atoms with Crippen molar-refractivity contribution in [3.8, 4) is 0 Å². The largest absolute Gasteiger partial charge is 0.299 e. The summed E-state index contributed by atoms with van der Waals surface area (Å²) >= 11 is 0. The number of rotatable bonds is 21. The van der Waals surface area contributed by atoms with Crippen LogP contribution in [0.25, 0.3) is 0 Å². The Bertz CT molecular complexity index is 1020. The molecule has 0 aromatic heterocycles. The van der Waals surface area contributed by atoms with E-state index < -0.39 is 5.41 Å². The first-order valence-corrected chi connectivity index (χ1v) is 16.9. The lowest BCUT2D eigenvalue weighted by atomic mass is 9.75. The maximum absolute atomic E-state index is 13.4. The fourth-order valence-corrected chi connectivity index (χ4v) is 5.11. The van der Waals surface area contributed by atoms with Gasteiger partial charge >= 0.3 is 0 Å². The third-order valence-corrected chi connectivity index (χ3v) is 8.19. The van der Waals surface area contributed by atoms with Crippen molar-refractivity contribution in [3.63, 3.8) is 0 Å². The highest BCUT2D eigenvalue weighted by Gasteiger charge is 2.31. The van der Waals surface area contributed by atoms with Crippen molar-refractivity contribution < 1.29 is 4.79 Å². The first-order chi connectivity index (χ1) is 20.2. The molecule has 0 aliphatic carbocycles. The van der Waals surface area contributed by atoms with Crippen molar-refractivity contribution in [1.29, 1.82) is 0 Å². The van der Waals surface area contributed by atoms with Gasteiger partial charge in [-0.2, -0.15) is 0 Å². The molecule has 1 heteroatoms. The number of carbonyl (C=O) groups is 1. The van der Waals surface area contributed by atoms with Crippen LogP contribution in [0.4, 0.5) is 0 Å². The van der Waals surface area contributed by atoms with Crippen molar-refractivity contribution >= 4 is 5.78 Å². The third-order valence-electron chi connectivity index (χ3n) is 8.19. The monoisotopic (exact) mass is 589 g/mol. The lowest BCUT2D eigenvalue weighted by Gasteiger charge is -2.27. The number of allylic oxidation sites excluding steroid dienone is 16. The van der Waals surface area contributed by atoms with Gasteiger partial charge in [0.2, 0.25) is 0 Å². The Kier molecular flexibility index (Phi) is 21.7. The molecule has 0 saturated carbocycles. The van der Waals surface area contributed by atoms with Crippen molar-refractivity contribution in [1.82, 2.24) is 0 Å². The molecule has 0 atom stereocenters. The minimum Gasteiger partial charge on any atom is -0.299 e. The molecule has 0 aromatic carbocycles. The number of hydrogen-bond donors (Lipinski definition) is 0. The van der Waals surface area contributed by atoms with Crippen LogP contribution in [0.5, 0.6) is 0 Å². The molecule has 242 valence electrons. The van der Waals surface area contributed by atoms with Crippen LogP contribution in [-0.2, 0) is 4.79 Å². The van der Waals surface area contributed by atoms with E-state index in [0.29, 0.717) is 0 Å². The van der Waals surface area contributed by atoms with Gasteiger partial charge in [-0.25, -0.2) is 0 Å². The predicted molar refractivity (Wildman–Crippen MR) is 196 cm³/mol. The standard InChI is InChI=1S/C42H68O/c1-33(2)18-13-21-36(7)23-16-25-38(9)28-30-42(41(12)43,32-40(11)27-15-20-35(5)6)31-29-39(10)26-17-24-37(8)22-14-19-34(3)4/h18-20,23-24,28-29,32H,13-17,21-22,25-27,30-31H2,1-12H3/b36-23?,37-24?,38-28?,39-29?,40-32+. The minimum atomic E-state index is -0.482. The summed E-state index contributed by atoms with van der Waals surface area (Å²) in [5.74, 6) is 0.271. The van der Waals surface area contributed by atoms with Crippen molar-refractivity contribution in [2.45, 2.75) is 160 Å². The maximum Gasteiger partial charge on any atom is 0.140 e. The van der Waals surface area contributed by atoms with Gasteiger partial charge < -0.3 is 0 Å². The highest BCUT2D eigenvalue weighted by Crippen LogP contribution is 2.35. The van der Waals surface area contributed by atoms with E-state index in [2.05, 4.69) is 125 Å². The molecule has 0 heterocycles. The van der Waals surface area contributed by atoms with E-state index in [9.17, 15) is 4.79 Å². The highest BCUT2D eigenvalue weighted by atomic mass is 16.1. The summed E-state index contributed by atoms with van der Waals surface area (Å²) in [6, 6.07) is 0. The Morgan fingerprint density at radius 2 is 0.674 bits per heavy atom. The molecule has 0 N–H and O–H groups in total. The zero-order valence-electron chi connectivity index (χ0n) is 30.5. The van der Waals surface area contributed by atoms with Crippen molar-refractivity contribution in [3.05, 3.63) is 93.2 Å². The van der Waals surface area contributed by atoms with E-state index in [-0.39, 0.29) is 5.78 Å². The van der Waals surface area contributed by atoms with E-state index in [4.69, 9.17) is 0 Å². The second-order valence-corrected chi connectivity index (χ2v) is 13.9. The fraction of sp³-hybridized carbons (Fsp3) is 0.595. The van der Waals surface area contributed by atoms with Crippen molar-refractivity contribution in [2.75, 3.05) is 0 Å². The Morgan fingerprint density at radius 1 is 0.395 bits per heavy atom. The van der Waals surface area contributed by atoms with Crippen LogP contribution in [0.1, 0.15) is 160 Å². The molecule has 0 fully saturated rings. The first kappa shape index (κ1) is 40.6. The van der Waals surface area contributed by atoms with E-state index in [1.165, 1.54) is 44.6 Å². The summed E-state index contributed by atoms with van der Waals surface area (Å²) in [4.78, 5) is 13.4. The molecular formula is C42H68O. The second kappa shape index (κ2) is 23.0. The number of Topliss-reactive ketones (excluding diaryl/α,β-unsaturated/α-hetero) is 1. The Balaban J connectivity index is 5.70. The minimum absolute atomic E-state index is 0.271. The Morgan fingerprint density at radius 3 is 0.977 bits per heavy atom. The van der Waals surface area contributed by atoms with Gasteiger partial charge in [0.1, 0.15) is 5.78 Å². The normalized spacial score (nSPS) is 14.7. The lowest BCUT2D eigenvalue weighted by molar-refractivity contribution is -0.124. The molecule has 0 bridgehead atoms. The molecule has 0 spiro atoms. The summed E-state index contributed by atoms with van der Waals surface area (Å²) in [6.45, 7) is 25.9. The van der Waals surface area contributed by atoms with Crippen molar-refractivity contribution in [2.24, 2.45) is 5.41 Å². The maximum atomic E-state index is 13.4. The number of carbonyl (C=O) groups excluding carboxylic acids is 1. The van der Waals surface area contributed by atoms with E-state index in [0.717, 1.165) is 77.0 Å². The van der Waals surface area contributed by atoms with Crippen LogP contribution >= 0.6 is 0 Å². The average molecular weight is 589 g/mol. The molecular weight excluding hydrogens is 520 g/mol. The lowest BCUT2D eigenvalue weighted by Crippen LogP contribution is -2.26. The van der Waals surface area contributed by atoms with E-state index in [1.54, 1.807) is 6.92 Å². The van der Waals surface area contributed by atoms with Crippen LogP contribution in [-0.4, -0.2) is 5.78 Å². The van der Waals surface area contributed by atoms with Gasteiger partial charge in [-0.1, -0.05) is 93.2 Å². The molecule has 0 rings (SSSR count). The average Bonchev–Trinajstić information content (AvgIpc) is 2.89. The van der Waals surface area contributed by atoms with Crippen LogP contribution < -0.4 is 0 Å². The smallest absolute Gasteiger partial charge is 0.140 e. The Hall–Kier alpha value is -2.41. The van der Waals surface area contributed by atoms with Crippen LogP contribution in [0.15, 0.2) is 93.2 Å². The molecule has 0 aliphatic rings. The molecule has 0 aliphatic heterocycles. The van der Waals surface area contributed by atoms with Gasteiger partial charge in [0, 0.05) is 0 Å². The summed E-state index contributed by atoms with van der Waals surface area (Å²) in [7, 11) is 0. The molecule has 0 amide bonds. The van der Waals surface area contributed by atoms with E-state index in [1.807, 2.05) is 0 Å². The predicted octanol–water partition coefficient (Wildman–Crippen LogP) is 13.9. The zero-order valence-corrected chi connectivity index (χ0v) is 30.5. The molecule has 0 saturated heterocycles. The summed E-state index contributed by atoms with van der Waals surface area (Å²) in [5.41, 5.74) is 10.7. The summed E-state index contributed by atoms with van der Waals surface area (Å²) < 4.78 is 0. The SMILES string of the molecule is CC(=O)C(/C=C(\C)CCC=C(C)C)(CC=C(C)CCC=C(C)CCC=C(C)C)CC=C(C)CCC=C(C)CCC=C(C)C. The van der Waals surface area contributed by atoms with E-state index >= 15 is 0 Å². The molecule has 0 radical (unpaired) electrons. The van der Waals surface area contributed by atoms with Gasteiger partial charge in [0.15, 0.2) is 0 Å². The molecule has 43 heavy (non-hydrogen) atoms. The Labute approximate surface area is 268 Å². The summed E-state index contributed by atoms with van der Waals surface area (Å²) in [5, 5.41) is 0. The molecule has 1 nitrogen and oxygen atoms in total. The van der Waals surface area contributed by atoms with Gasteiger partial charge in [-0.05, 0) is 160 Å². The van der Waals surface area contributed by atoms with Crippen LogP contribution in [0.2, 0.25) is 0 Å². The van der Waals surface area contributed by atoms with Crippen LogP contribution in [0, 0.1) is 5.41 Å². The fourth-order valence-electron chi connectivity index (χ4n) is 5.11. The molecule has 0 aromatic rings. The van der Waals surface area contributed by atoms with Gasteiger partial charge in [0.25, 0.3) is 0 Å². The molecule has 0 unspecified atom stereocenters. The zero-order chi connectivity index (χ0) is 32.8. The quantitative estimate of drug-likeness (QED) is 0.122. The van der Waals surface area contributed by atoms with Crippen LogP contribution in [0.3, 0.4) is 0 Å². The summed E-state index contributed by atoms with van der Waals surface area (Å²) in [6.07, 6.45) is 31.0. The number of hydrogen-bond acceptors (Lipinski definition) is 1.